The number of hydrogen-bond acceptors (Lipinski definition) is 4. The Labute approximate surface area is 108 Å². The maximum absolute atomic E-state index is 12.2. The van der Waals surface area contributed by atoms with Crippen molar-refractivity contribution in [3.05, 3.63) is 17.1 Å². The third-order valence-corrected chi connectivity index (χ3v) is 4.14. The Bertz CT molecular complexity index is 523. The van der Waals surface area contributed by atoms with Gasteiger partial charge < -0.3 is 9.52 Å². The molecule has 0 aromatic carbocycles. The summed E-state index contributed by atoms with van der Waals surface area (Å²) in [7, 11) is -3.65. The zero-order valence-corrected chi connectivity index (χ0v) is 12.3. The third kappa shape index (κ3) is 3.34. The number of rotatable bonds is 4. The van der Waals surface area contributed by atoms with Crippen molar-refractivity contribution in [3.8, 4) is 0 Å². The highest BCUT2D eigenvalue weighted by Crippen LogP contribution is 2.26. The molecule has 18 heavy (non-hydrogen) atoms. The second-order valence-electron chi connectivity index (χ2n) is 5.57. The zero-order valence-electron chi connectivity index (χ0n) is 11.5. The fraction of sp³-hybridized carbons (Fsp3) is 0.667. The van der Waals surface area contributed by atoms with E-state index in [1.807, 2.05) is 20.8 Å². The molecule has 0 saturated heterocycles. The van der Waals surface area contributed by atoms with Crippen molar-refractivity contribution in [1.29, 1.82) is 0 Å². The molecule has 0 fully saturated rings. The molecule has 1 aromatic heterocycles. The van der Waals surface area contributed by atoms with Crippen LogP contribution in [0.5, 0.6) is 0 Å². The summed E-state index contributed by atoms with van der Waals surface area (Å²) in [5, 5.41) is 9.25. The van der Waals surface area contributed by atoms with Crippen molar-refractivity contribution >= 4 is 10.0 Å². The molecule has 0 unspecified atom stereocenters. The molecule has 0 radical (unpaired) electrons. The average Bonchev–Trinajstić information content (AvgIpc) is 2.49. The van der Waals surface area contributed by atoms with Gasteiger partial charge in [0.1, 0.15) is 16.4 Å². The van der Waals surface area contributed by atoms with E-state index in [0.29, 0.717) is 23.6 Å². The highest BCUT2D eigenvalue weighted by Gasteiger charge is 2.27. The Hall–Kier alpha value is -0.850. The van der Waals surface area contributed by atoms with E-state index in [4.69, 9.17) is 4.42 Å². The van der Waals surface area contributed by atoms with E-state index in [-0.39, 0.29) is 16.9 Å². The molecule has 104 valence electrons. The maximum atomic E-state index is 12.2. The average molecular weight is 275 g/mol. The first-order valence-electron chi connectivity index (χ1n) is 5.78. The van der Waals surface area contributed by atoms with Crippen LogP contribution in [0.1, 0.15) is 37.9 Å². The second-order valence-corrected chi connectivity index (χ2v) is 7.27. The van der Waals surface area contributed by atoms with Gasteiger partial charge in [-0.25, -0.2) is 13.1 Å². The van der Waals surface area contributed by atoms with Crippen LogP contribution in [-0.4, -0.2) is 20.1 Å². The van der Waals surface area contributed by atoms with Crippen LogP contribution in [-0.2, 0) is 16.6 Å². The van der Waals surface area contributed by atoms with Gasteiger partial charge in [-0.3, -0.25) is 0 Å². The highest BCUT2D eigenvalue weighted by atomic mass is 32.2. The molecule has 1 heterocycles. The largest absolute Gasteiger partial charge is 0.465 e. The first-order chi connectivity index (χ1) is 8.08. The van der Waals surface area contributed by atoms with Crippen LogP contribution in [0.4, 0.5) is 0 Å². The number of sulfonamides is 1. The highest BCUT2D eigenvalue weighted by molar-refractivity contribution is 7.89. The van der Waals surface area contributed by atoms with E-state index in [1.54, 1.807) is 13.8 Å². The fourth-order valence-corrected chi connectivity index (χ4v) is 3.35. The van der Waals surface area contributed by atoms with Crippen molar-refractivity contribution in [1.82, 2.24) is 4.72 Å². The van der Waals surface area contributed by atoms with Crippen molar-refractivity contribution < 1.29 is 17.9 Å². The van der Waals surface area contributed by atoms with Crippen LogP contribution in [0.2, 0.25) is 0 Å². The molecular formula is C12H21NO4S. The van der Waals surface area contributed by atoms with Crippen molar-refractivity contribution in [2.45, 2.75) is 46.1 Å². The number of aryl methyl sites for hydroxylation is 2. The smallest absolute Gasteiger partial charge is 0.244 e. The predicted molar refractivity (Wildman–Crippen MR) is 68.7 cm³/mol. The molecule has 0 atom stereocenters. The van der Waals surface area contributed by atoms with Gasteiger partial charge in [-0.15, -0.1) is 0 Å². The summed E-state index contributed by atoms with van der Waals surface area (Å²) in [6, 6.07) is 0. The summed E-state index contributed by atoms with van der Waals surface area (Å²) in [6.45, 7) is 9.01. The Morgan fingerprint density at radius 3 is 2.22 bits per heavy atom. The summed E-state index contributed by atoms with van der Waals surface area (Å²) >= 11 is 0. The van der Waals surface area contributed by atoms with Crippen LogP contribution in [0.25, 0.3) is 0 Å². The summed E-state index contributed by atoms with van der Waals surface area (Å²) in [5.41, 5.74) is 0.174. The van der Waals surface area contributed by atoms with Gasteiger partial charge in [0, 0.05) is 12.1 Å². The Balaban J connectivity index is 3.13. The van der Waals surface area contributed by atoms with Gasteiger partial charge in [0.15, 0.2) is 0 Å². The van der Waals surface area contributed by atoms with Gasteiger partial charge in [0.25, 0.3) is 0 Å². The molecule has 1 aromatic rings. The molecule has 1 rings (SSSR count). The van der Waals surface area contributed by atoms with Gasteiger partial charge >= 0.3 is 0 Å². The summed E-state index contributed by atoms with van der Waals surface area (Å²) in [6.07, 6.45) is 0. The topological polar surface area (TPSA) is 79.5 Å². The number of aliphatic hydroxyl groups excluding tert-OH is 1. The second kappa shape index (κ2) is 5.03. The van der Waals surface area contributed by atoms with Crippen molar-refractivity contribution in [3.63, 3.8) is 0 Å². The van der Waals surface area contributed by atoms with E-state index < -0.39 is 10.0 Å². The van der Waals surface area contributed by atoms with Gasteiger partial charge in [-0.05, 0) is 19.3 Å². The molecule has 0 amide bonds. The Kier molecular flexibility index (Phi) is 4.25. The summed E-state index contributed by atoms with van der Waals surface area (Å²) < 4.78 is 32.2. The minimum Gasteiger partial charge on any atom is -0.465 e. The molecule has 5 nitrogen and oxygen atoms in total. The van der Waals surface area contributed by atoms with Crippen LogP contribution in [0, 0.1) is 19.3 Å². The van der Waals surface area contributed by atoms with Crippen LogP contribution in [0.15, 0.2) is 9.31 Å². The number of nitrogens with one attached hydrogen (secondary N) is 1. The maximum Gasteiger partial charge on any atom is 0.244 e. The lowest BCUT2D eigenvalue weighted by Gasteiger charge is -2.18. The van der Waals surface area contributed by atoms with E-state index in [2.05, 4.69) is 4.72 Å². The lowest BCUT2D eigenvalue weighted by atomic mass is 9.98. The quantitative estimate of drug-likeness (QED) is 0.876. The van der Waals surface area contributed by atoms with E-state index >= 15 is 0 Å². The Morgan fingerprint density at radius 2 is 1.78 bits per heavy atom. The first-order valence-corrected chi connectivity index (χ1v) is 7.26. The third-order valence-electron chi connectivity index (χ3n) is 2.54. The SMILES string of the molecule is Cc1oc(C)c(S(=O)(=O)NCC(C)(C)C)c1CO. The number of hydrogen-bond donors (Lipinski definition) is 2. The molecule has 0 aliphatic carbocycles. The van der Waals surface area contributed by atoms with Crippen molar-refractivity contribution in [2.75, 3.05) is 6.54 Å². The lowest BCUT2D eigenvalue weighted by molar-refractivity contribution is 0.276. The number of aliphatic hydroxyl groups is 1. The van der Waals surface area contributed by atoms with E-state index in [0.717, 1.165) is 0 Å². The molecule has 0 bridgehead atoms. The molecule has 2 N–H and O–H groups in total. The Morgan fingerprint density at radius 1 is 1.22 bits per heavy atom. The van der Waals surface area contributed by atoms with Crippen LogP contribution < -0.4 is 4.72 Å². The van der Waals surface area contributed by atoms with Gasteiger partial charge in [0.05, 0.1) is 6.61 Å². The standard InChI is InChI=1S/C12H21NO4S/c1-8-10(6-14)11(9(2)17-8)18(15,16)13-7-12(3,4)5/h13-14H,6-7H2,1-5H3. The van der Waals surface area contributed by atoms with Crippen molar-refractivity contribution in [2.24, 2.45) is 5.41 Å². The van der Waals surface area contributed by atoms with Crippen LogP contribution in [0.3, 0.4) is 0 Å². The zero-order chi connectivity index (χ0) is 14.1. The fourth-order valence-electron chi connectivity index (χ4n) is 1.63. The normalized spacial score (nSPS) is 13.0. The number of furan rings is 1. The molecule has 0 aliphatic rings. The van der Waals surface area contributed by atoms with E-state index in [1.165, 1.54) is 0 Å². The molecule has 6 heteroatoms. The lowest BCUT2D eigenvalue weighted by Crippen LogP contribution is -2.33. The van der Waals surface area contributed by atoms with Gasteiger partial charge in [-0.1, -0.05) is 20.8 Å². The van der Waals surface area contributed by atoms with Crippen LogP contribution >= 0.6 is 0 Å². The minimum atomic E-state index is -3.65. The minimum absolute atomic E-state index is 0.0618. The van der Waals surface area contributed by atoms with Gasteiger partial charge in [-0.2, -0.15) is 0 Å². The summed E-state index contributed by atoms with van der Waals surface area (Å²) in [5.74, 6) is 0.740. The molecule has 0 saturated carbocycles. The molecular weight excluding hydrogens is 254 g/mol. The van der Waals surface area contributed by atoms with Gasteiger partial charge in [0.2, 0.25) is 10.0 Å². The first kappa shape index (κ1) is 15.2. The summed E-state index contributed by atoms with van der Waals surface area (Å²) in [4.78, 5) is 0.0618. The monoisotopic (exact) mass is 275 g/mol. The predicted octanol–water partition coefficient (Wildman–Crippen LogP) is 1.71. The molecule has 0 aliphatic heterocycles. The molecule has 0 spiro atoms. The van der Waals surface area contributed by atoms with E-state index in [9.17, 15) is 13.5 Å².